The molecular formula is C29H32O6. The summed E-state index contributed by atoms with van der Waals surface area (Å²) in [6.07, 6.45) is 8.79. The summed E-state index contributed by atoms with van der Waals surface area (Å²) >= 11 is 0. The third-order valence-electron chi connectivity index (χ3n) is 6.70. The Morgan fingerprint density at radius 1 is 1.00 bits per heavy atom. The molecule has 2 aromatic rings. The monoisotopic (exact) mass is 476 g/mol. The van der Waals surface area contributed by atoms with Crippen LogP contribution in [0.2, 0.25) is 0 Å². The molecule has 0 amide bonds. The number of unbranched alkanes of at least 4 members (excludes halogenated alkanes) is 1. The second kappa shape index (κ2) is 11.6. The molecule has 1 heterocycles. The molecule has 35 heavy (non-hydrogen) atoms. The predicted octanol–water partition coefficient (Wildman–Crippen LogP) is 4.88. The summed E-state index contributed by atoms with van der Waals surface area (Å²) in [4.78, 5) is 23.2. The summed E-state index contributed by atoms with van der Waals surface area (Å²) in [6, 6.07) is 18.2. The number of ether oxygens (including phenoxy) is 2. The molecule has 3 atom stereocenters. The van der Waals surface area contributed by atoms with Crippen LogP contribution in [0.3, 0.4) is 0 Å². The smallest absolute Gasteiger partial charge is 0.303 e. The van der Waals surface area contributed by atoms with Crippen LogP contribution in [-0.2, 0) is 24.8 Å². The van der Waals surface area contributed by atoms with Crippen LogP contribution in [0.4, 0.5) is 0 Å². The molecule has 2 N–H and O–H groups in total. The Kier molecular flexibility index (Phi) is 8.29. The third kappa shape index (κ3) is 6.14. The molecule has 0 aromatic heterocycles. The fraction of sp³-hybridized carbons (Fsp3) is 0.379. The molecule has 0 unspecified atom stereocenters. The Balaban J connectivity index is 1.47. The highest BCUT2D eigenvalue weighted by Crippen LogP contribution is 2.38. The first-order valence-electron chi connectivity index (χ1n) is 12.2. The van der Waals surface area contributed by atoms with Gasteiger partial charge in [0.05, 0.1) is 19.3 Å². The van der Waals surface area contributed by atoms with E-state index >= 15 is 0 Å². The van der Waals surface area contributed by atoms with Crippen LogP contribution in [0.1, 0.15) is 37.7 Å². The Morgan fingerprint density at radius 3 is 2.37 bits per heavy atom. The van der Waals surface area contributed by atoms with Crippen LogP contribution in [0, 0.1) is 11.8 Å². The van der Waals surface area contributed by atoms with Crippen LogP contribution in [0.25, 0.3) is 11.1 Å². The van der Waals surface area contributed by atoms with Gasteiger partial charge in [-0.05, 0) is 36.5 Å². The van der Waals surface area contributed by atoms with Crippen LogP contribution in [0.15, 0.2) is 78.9 Å². The van der Waals surface area contributed by atoms with Gasteiger partial charge in [-0.1, -0.05) is 72.8 Å². The summed E-state index contributed by atoms with van der Waals surface area (Å²) < 4.78 is 12.1. The summed E-state index contributed by atoms with van der Waals surface area (Å²) in [7, 11) is 0. The number of benzene rings is 2. The molecule has 0 spiro atoms. The molecular weight excluding hydrogens is 444 g/mol. The summed E-state index contributed by atoms with van der Waals surface area (Å²) in [5.41, 5.74) is 3.08. The number of rotatable bonds is 10. The number of carbonyl (C=O) groups excluding carboxylic acids is 1. The van der Waals surface area contributed by atoms with E-state index in [1.807, 2.05) is 66.8 Å². The van der Waals surface area contributed by atoms with Gasteiger partial charge in [0.25, 0.3) is 0 Å². The van der Waals surface area contributed by atoms with Crippen molar-refractivity contribution in [1.29, 1.82) is 0 Å². The number of Topliss-reactive ketones (excluding diaryl/α,β-unsaturated/α-hetero) is 1. The number of aliphatic hydroxyl groups is 1. The minimum absolute atomic E-state index is 0.0388. The lowest BCUT2D eigenvalue weighted by Gasteiger charge is -2.26. The SMILES string of the molecule is O=C(O)CCC/C=C\C[C@H]1C(=O)C[C@@H](O)[C@@H]1/C=C/C1(c2ccc(-c3ccccc3)cc2)OCCO1. The van der Waals surface area contributed by atoms with Crippen molar-refractivity contribution in [2.24, 2.45) is 11.8 Å². The normalized spacial score (nSPS) is 24.0. The minimum atomic E-state index is -1.04. The first kappa shape index (κ1) is 25.0. The predicted molar refractivity (Wildman–Crippen MR) is 132 cm³/mol. The van der Waals surface area contributed by atoms with Crippen LogP contribution in [-0.4, -0.2) is 41.3 Å². The number of carboxylic acid groups (broad SMARTS) is 1. The summed E-state index contributed by atoms with van der Waals surface area (Å²) in [5.74, 6) is -2.47. The molecule has 6 heteroatoms. The van der Waals surface area contributed by atoms with E-state index in [4.69, 9.17) is 14.6 Å². The van der Waals surface area contributed by atoms with Crippen molar-refractivity contribution in [2.45, 2.75) is 44.0 Å². The number of hydrogen-bond donors (Lipinski definition) is 2. The average Bonchev–Trinajstić information content (AvgIpc) is 3.45. The van der Waals surface area contributed by atoms with Crippen molar-refractivity contribution >= 4 is 11.8 Å². The molecule has 4 rings (SSSR count). The first-order chi connectivity index (χ1) is 17.0. The van der Waals surface area contributed by atoms with Gasteiger partial charge in [-0.15, -0.1) is 0 Å². The number of carboxylic acids is 1. The maximum atomic E-state index is 12.6. The van der Waals surface area contributed by atoms with E-state index in [2.05, 4.69) is 12.1 Å². The van der Waals surface area contributed by atoms with Gasteiger partial charge >= 0.3 is 5.97 Å². The summed E-state index contributed by atoms with van der Waals surface area (Å²) in [6.45, 7) is 0.916. The fourth-order valence-corrected chi connectivity index (χ4v) is 4.81. The molecule has 6 nitrogen and oxygen atoms in total. The van der Waals surface area contributed by atoms with Crippen molar-refractivity contribution in [3.63, 3.8) is 0 Å². The number of ketones is 1. The molecule has 1 aliphatic carbocycles. The lowest BCUT2D eigenvalue weighted by atomic mass is 9.89. The number of allylic oxidation sites excluding steroid dienone is 2. The quantitative estimate of drug-likeness (QED) is 0.375. The number of aliphatic carboxylic acids is 1. The van der Waals surface area contributed by atoms with E-state index in [1.54, 1.807) is 0 Å². The topological polar surface area (TPSA) is 93.1 Å². The highest BCUT2D eigenvalue weighted by Gasteiger charge is 2.41. The van der Waals surface area contributed by atoms with Crippen molar-refractivity contribution in [2.75, 3.05) is 13.2 Å². The van der Waals surface area contributed by atoms with Crippen molar-refractivity contribution < 1.29 is 29.3 Å². The zero-order valence-corrected chi connectivity index (χ0v) is 19.7. The van der Waals surface area contributed by atoms with E-state index in [0.29, 0.717) is 32.5 Å². The highest BCUT2D eigenvalue weighted by atomic mass is 16.7. The van der Waals surface area contributed by atoms with E-state index in [0.717, 1.165) is 16.7 Å². The van der Waals surface area contributed by atoms with Gasteiger partial charge in [0.2, 0.25) is 5.79 Å². The van der Waals surface area contributed by atoms with Crippen molar-refractivity contribution in [3.05, 3.63) is 84.5 Å². The second-order valence-electron chi connectivity index (χ2n) is 9.08. The maximum absolute atomic E-state index is 12.6. The molecule has 1 saturated carbocycles. The van der Waals surface area contributed by atoms with Crippen LogP contribution in [0.5, 0.6) is 0 Å². The molecule has 0 bridgehead atoms. The van der Waals surface area contributed by atoms with Gasteiger partial charge in [-0.2, -0.15) is 0 Å². The Morgan fingerprint density at radius 2 is 1.69 bits per heavy atom. The van der Waals surface area contributed by atoms with Gasteiger partial charge in [-0.25, -0.2) is 0 Å². The minimum Gasteiger partial charge on any atom is -0.481 e. The van der Waals surface area contributed by atoms with E-state index in [1.165, 1.54) is 0 Å². The third-order valence-corrected chi connectivity index (χ3v) is 6.70. The fourth-order valence-electron chi connectivity index (χ4n) is 4.81. The van der Waals surface area contributed by atoms with Crippen LogP contribution >= 0.6 is 0 Å². The van der Waals surface area contributed by atoms with Gasteiger partial charge in [0.15, 0.2) is 0 Å². The Bertz CT molecular complexity index is 1050. The number of carbonyl (C=O) groups is 2. The van der Waals surface area contributed by atoms with E-state index in [-0.39, 0.29) is 30.5 Å². The first-order valence-corrected chi connectivity index (χ1v) is 12.2. The van der Waals surface area contributed by atoms with Crippen molar-refractivity contribution in [1.82, 2.24) is 0 Å². The molecule has 0 radical (unpaired) electrons. The molecule has 1 saturated heterocycles. The van der Waals surface area contributed by atoms with E-state index < -0.39 is 17.9 Å². The van der Waals surface area contributed by atoms with Gasteiger partial charge in [0, 0.05) is 30.2 Å². The van der Waals surface area contributed by atoms with Crippen LogP contribution < -0.4 is 0 Å². The zero-order chi connectivity index (χ0) is 24.7. The van der Waals surface area contributed by atoms with E-state index in [9.17, 15) is 14.7 Å². The second-order valence-corrected chi connectivity index (χ2v) is 9.08. The largest absolute Gasteiger partial charge is 0.481 e. The molecule has 2 aliphatic rings. The van der Waals surface area contributed by atoms with Gasteiger partial charge < -0.3 is 19.7 Å². The molecule has 1 aliphatic heterocycles. The lowest BCUT2D eigenvalue weighted by molar-refractivity contribution is -0.137. The van der Waals surface area contributed by atoms with Crippen molar-refractivity contribution in [3.8, 4) is 11.1 Å². The lowest BCUT2D eigenvalue weighted by Crippen LogP contribution is -2.26. The Labute approximate surface area is 205 Å². The van der Waals surface area contributed by atoms with Gasteiger partial charge in [-0.3, -0.25) is 9.59 Å². The molecule has 184 valence electrons. The highest BCUT2D eigenvalue weighted by molar-refractivity contribution is 5.84. The number of hydrogen-bond acceptors (Lipinski definition) is 5. The molecule has 2 fully saturated rings. The standard InChI is InChI=1S/C29H32O6/c30-26-20-27(31)25(24(26)10-6-1-2-7-11-28(32)33)16-17-29(34-18-19-35-29)23-14-12-22(13-15-23)21-8-4-3-5-9-21/h1,3-6,8-9,12-17,24-25,27,31H,2,7,10-11,18-20H2,(H,32,33)/b6-1-,17-16+/t24-,25-,27-/m1/s1. The number of aliphatic hydroxyl groups excluding tert-OH is 1. The maximum Gasteiger partial charge on any atom is 0.303 e. The average molecular weight is 477 g/mol. The Hall–Kier alpha value is -3.06. The zero-order valence-electron chi connectivity index (χ0n) is 19.7. The van der Waals surface area contributed by atoms with Gasteiger partial charge in [0.1, 0.15) is 5.78 Å². The molecule has 2 aromatic carbocycles. The summed E-state index contributed by atoms with van der Waals surface area (Å²) in [5, 5.41) is 19.3.